The molecule has 0 aliphatic heterocycles. The minimum absolute atomic E-state index is 0.494. The molecule has 0 radical (unpaired) electrons. The highest BCUT2D eigenvalue weighted by atomic mass is 15.5. The van der Waals surface area contributed by atoms with Crippen LogP contribution in [0.2, 0.25) is 0 Å². The zero-order valence-corrected chi connectivity index (χ0v) is 8.31. The Bertz CT molecular complexity index is 387. The van der Waals surface area contributed by atoms with E-state index in [1.807, 2.05) is 0 Å². The van der Waals surface area contributed by atoms with Crippen LogP contribution in [0.3, 0.4) is 0 Å². The molecule has 74 valence electrons. The van der Waals surface area contributed by atoms with Gasteiger partial charge in [0.2, 0.25) is 0 Å². The van der Waals surface area contributed by atoms with Gasteiger partial charge in [-0.25, -0.2) is 0 Å². The summed E-state index contributed by atoms with van der Waals surface area (Å²) in [6.45, 7) is 4.30. The van der Waals surface area contributed by atoms with Gasteiger partial charge in [-0.3, -0.25) is 0 Å². The van der Waals surface area contributed by atoms with Crippen LogP contribution >= 0.6 is 0 Å². The quantitative estimate of drug-likeness (QED) is 0.792. The number of hydrogen-bond donors (Lipinski definition) is 1. The molecule has 0 unspecified atom stereocenters. The van der Waals surface area contributed by atoms with Crippen molar-refractivity contribution in [1.82, 2.24) is 25.2 Å². The first-order valence-electron chi connectivity index (χ1n) is 4.64. The molecule has 2 aromatic heterocycles. The summed E-state index contributed by atoms with van der Waals surface area (Å²) in [5, 5.41) is 13.8. The molecule has 2 rings (SSSR count). The molecule has 5 nitrogen and oxygen atoms in total. The van der Waals surface area contributed by atoms with E-state index in [2.05, 4.69) is 57.5 Å². The van der Waals surface area contributed by atoms with Crippen LogP contribution in [0.4, 0.5) is 0 Å². The molecule has 0 aliphatic carbocycles. The van der Waals surface area contributed by atoms with Crippen molar-refractivity contribution in [1.29, 1.82) is 0 Å². The van der Waals surface area contributed by atoms with Crippen LogP contribution in [0.15, 0.2) is 18.5 Å². The molecule has 2 heterocycles. The fraction of sp³-hybridized carbons (Fsp3) is 0.444. The van der Waals surface area contributed by atoms with Gasteiger partial charge in [-0.1, -0.05) is 5.21 Å². The van der Waals surface area contributed by atoms with Gasteiger partial charge in [0, 0.05) is 24.9 Å². The third-order valence-electron chi connectivity index (χ3n) is 2.12. The lowest BCUT2D eigenvalue weighted by Crippen LogP contribution is -1.96. The predicted octanol–water partition coefficient (Wildman–Crippen LogP) is 1.17. The highest BCUT2D eigenvalue weighted by molar-refractivity contribution is 5.15. The molecule has 1 N–H and O–H groups in total. The third kappa shape index (κ3) is 1.81. The molecule has 0 amide bonds. The Balaban J connectivity index is 2.11. The molecule has 0 fully saturated rings. The molecule has 0 aliphatic rings. The summed E-state index contributed by atoms with van der Waals surface area (Å²) in [6.07, 6.45) is 4.91. The molecule has 2 aromatic rings. The maximum atomic E-state index is 3.91. The minimum Gasteiger partial charge on any atom is -0.352 e. The number of aromatic amines is 1. The van der Waals surface area contributed by atoms with Crippen molar-refractivity contribution in [2.24, 2.45) is 0 Å². The number of rotatable bonds is 3. The normalized spacial score (nSPS) is 11.1. The van der Waals surface area contributed by atoms with E-state index in [4.69, 9.17) is 0 Å². The highest BCUT2D eigenvalue weighted by Gasteiger charge is 2.03. The Morgan fingerprint density at radius 1 is 1.50 bits per heavy atom. The van der Waals surface area contributed by atoms with Crippen molar-refractivity contribution < 1.29 is 0 Å². The Labute approximate surface area is 82.1 Å². The van der Waals surface area contributed by atoms with Crippen LogP contribution in [0.25, 0.3) is 0 Å². The Morgan fingerprint density at radius 3 is 2.93 bits per heavy atom. The largest absolute Gasteiger partial charge is 0.352 e. The zero-order valence-electron chi connectivity index (χ0n) is 8.31. The smallest absolute Gasteiger partial charge is 0.178 e. The predicted molar refractivity (Wildman–Crippen MR) is 51.8 cm³/mol. The molecule has 14 heavy (non-hydrogen) atoms. The third-order valence-corrected chi connectivity index (χ3v) is 2.12. The first-order valence-corrected chi connectivity index (χ1v) is 4.64. The molecule has 0 aromatic carbocycles. The van der Waals surface area contributed by atoms with Crippen LogP contribution < -0.4 is 0 Å². The van der Waals surface area contributed by atoms with Crippen molar-refractivity contribution >= 4 is 0 Å². The van der Waals surface area contributed by atoms with Gasteiger partial charge in [0.25, 0.3) is 0 Å². The SMILES string of the molecule is CC(C)n1ccc(Cc2nn[nH]n2)c1. The number of nitrogens with zero attached hydrogens (tertiary/aromatic N) is 4. The average molecular weight is 191 g/mol. The van der Waals surface area contributed by atoms with Gasteiger partial charge in [-0.2, -0.15) is 5.21 Å². The van der Waals surface area contributed by atoms with E-state index in [1.165, 1.54) is 5.56 Å². The van der Waals surface area contributed by atoms with E-state index in [1.54, 1.807) is 0 Å². The summed E-state index contributed by atoms with van der Waals surface area (Å²) in [6, 6.07) is 2.57. The standard InChI is InChI=1S/C9H13N5/c1-7(2)14-4-3-8(6-14)5-9-10-12-13-11-9/h3-4,6-7H,5H2,1-2H3,(H,10,11,12,13). The number of H-pyrrole nitrogens is 1. The second-order valence-corrected chi connectivity index (χ2v) is 3.57. The van der Waals surface area contributed by atoms with Gasteiger partial charge in [-0.05, 0) is 25.5 Å². The van der Waals surface area contributed by atoms with Gasteiger partial charge in [0.15, 0.2) is 5.82 Å². The van der Waals surface area contributed by atoms with Gasteiger partial charge in [0.05, 0.1) is 0 Å². The van der Waals surface area contributed by atoms with Gasteiger partial charge in [-0.15, -0.1) is 10.2 Å². The highest BCUT2D eigenvalue weighted by Crippen LogP contribution is 2.10. The lowest BCUT2D eigenvalue weighted by molar-refractivity contribution is 0.602. The van der Waals surface area contributed by atoms with Crippen molar-refractivity contribution in [3.8, 4) is 0 Å². The van der Waals surface area contributed by atoms with E-state index >= 15 is 0 Å². The van der Waals surface area contributed by atoms with Crippen molar-refractivity contribution in [2.45, 2.75) is 26.3 Å². The summed E-state index contributed by atoms with van der Waals surface area (Å²) >= 11 is 0. The van der Waals surface area contributed by atoms with E-state index in [-0.39, 0.29) is 0 Å². The molecule has 0 atom stereocenters. The van der Waals surface area contributed by atoms with Crippen LogP contribution in [0, 0.1) is 0 Å². The number of aromatic nitrogens is 5. The van der Waals surface area contributed by atoms with E-state index in [0.717, 1.165) is 12.2 Å². The van der Waals surface area contributed by atoms with E-state index in [9.17, 15) is 0 Å². The Morgan fingerprint density at radius 2 is 2.36 bits per heavy atom. The summed E-state index contributed by atoms with van der Waals surface area (Å²) in [7, 11) is 0. The molecule has 0 bridgehead atoms. The van der Waals surface area contributed by atoms with E-state index < -0.39 is 0 Å². The van der Waals surface area contributed by atoms with Crippen molar-refractivity contribution in [3.63, 3.8) is 0 Å². The molecule has 0 saturated heterocycles. The fourth-order valence-electron chi connectivity index (χ4n) is 1.33. The fourth-order valence-corrected chi connectivity index (χ4v) is 1.33. The van der Waals surface area contributed by atoms with Gasteiger partial charge in [0.1, 0.15) is 0 Å². The molecular formula is C9H13N5. The van der Waals surface area contributed by atoms with Crippen LogP contribution in [0.1, 0.15) is 31.3 Å². The molecule has 0 spiro atoms. The average Bonchev–Trinajstić information content (AvgIpc) is 2.75. The maximum Gasteiger partial charge on any atom is 0.178 e. The summed E-state index contributed by atoms with van der Waals surface area (Å²) < 4.78 is 2.16. The van der Waals surface area contributed by atoms with Gasteiger partial charge < -0.3 is 4.57 Å². The summed E-state index contributed by atoms with van der Waals surface area (Å²) in [5.41, 5.74) is 1.21. The number of hydrogen-bond acceptors (Lipinski definition) is 3. The second-order valence-electron chi connectivity index (χ2n) is 3.57. The zero-order chi connectivity index (χ0) is 9.97. The summed E-state index contributed by atoms with van der Waals surface area (Å²) in [5.74, 6) is 0.728. The molecule has 5 heteroatoms. The first kappa shape index (κ1) is 8.93. The summed E-state index contributed by atoms with van der Waals surface area (Å²) in [4.78, 5) is 0. The minimum atomic E-state index is 0.494. The van der Waals surface area contributed by atoms with Crippen molar-refractivity contribution in [2.75, 3.05) is 0 Å². The molecular weight excluding hydrogens is 178 g/mol. The Kier molecular flexibility index (Phi) is 2.30. The lowest BCUT2D eigenvalue weighted by Gasteiger charge is -2.04. The lowest BCUT2D eigenvalue weighted by atomic mass is 10.2. The van der Waals surface area contributed by atoms with Gasteiger partial charge >= 0.3 is 0 Å². The van der Waals surface area contributed by atoms with Crippen molar-refractivity contribution in [3.05, 3.63) is 29.8 Å². The number of tetrazole rings is 1. The molecule has 0 saturated carbocycles. The topological polar surface area (TPSA) is 59.4 Å². The Hall–Kier alpha value is -1.65. The maximum absolute atomic E-state index is 3.91. The second kappa shape index (κ2) is 3.61. The van der Waals surface area contributed by atoms with Crippen LogP contribution in [-0.4, -0.2) is 25.2 Å². The van der Waals surface area contributed by atoms with E-state index in [0.29, 0.717) is 6.04 Å². The monoisotopic (exact) mass is 191 g/mol. The number of nitrogens with one attached hydrogen (secondary N) is 1. The van der Waals surface area contributed by atoms with Crippen LogP contribution in [-0.2, 0) is 6.42 Å². The van der Waals surface area contributed by atoms with Crippen LogP contribution in [0.5, 0.6) is 0 Å². The first-order chi connectivity index (χ1) is 6.75.